The fraction of sp³-hybridized carbons (Fsp3) is 0.348. The fourth-order valence-electron chi connectivity index (χ4n) is 3.25. The predicted molar refractivity (Wildman–Crippen MR) is 114 cm³/mol. The van der Waals surface area contributed by atoms with Crippen molar-refractivity contribution in [3.63, 3.8) is 0 Å². The Morgan fingerprint density at radius 3 is 2.14 bits per heavy atom. The van der Waals surface area contributed by atoms with Crippen LogP contribution in [-0.2, 0) is 11.3 Å². The highest BCUT2D eigenvalue weighted by molar-refractivity contribution is 6.02. The minimum Gasteiger partial charge on any atom is -0.307 e. The quantitative estimate of drug-likeness (QED) is 0.568. The highest BCUT2D eigenvalue weighted by Gasteiger charge is 2.32. The van der Waals surface area contributed by atoms with Crippen LogP contribution < -0.4 is 4.90 Å². The first kappa shape index (κ1) is 19.8. The molecule has 2 aromatic carbocycles. The second kappa shape index (κ2) is 7.97. The van der Waals surface area contributed by atoms with Gasteiger partial charge in [-0.05, 0) is 11.6 Å². The third-order valence-corrected chi connectivity index (χ3v) is 4.49. The summed E-state index contributed by atoms with van der Waals surface area (Å²) in [5.74, 6) is 0.0849. The van der Waals surface area contributed by atoms with Crippen LogP contribution in [0.5, 0.6) is 0 Å². The van der Waals surface area contributed by atoms with Gasteiger partial charge in [0.25, 0.3) is 0 Å². The lowest BCUT2D eigenvalue weighted by Crippen LogP contribution is -2.39. The molecule has 0 unspecified atom stereocenters. The van der Waals surface area contributed by atoms with Crippen molar-refractivity contribution < 1.29 is 4.79 Å². The molecule has 0 aliphatic carbocycles. The topological polar surface area (TPSA) is 61.9 Å². The third kappa shape index (κ3) is 3.70. The number of carbonyl (C=O) groups excluding carboxylic acids is 1. The van der Waals surface area contributed by atoms with Gasteiger partial charge in [0, 0.05) is 16.5 Å². The number of anilines is 1. The number of rotatable bonds is 0. The Morgan fingerprint density at radius 1 is 0.964 bits per heavy atom. The Hall–Kier alpha value is -2.95. The molecular formula is C23H28N4O. The number of carbonyl (C=O) groups is 1. The molecule has 0 saturated carbocycles. The van der Waals surface area contributed by atoms with E-state index in [1.807, 2.05) is 74.2 Å². The highest BCUT2D eigenvalue weighted by Crippen LogP contribution is 2.40. The molecule has 1 aromatic heterocycles. The minimum absolute atomic E-state index is 0.0849. The zero-order valence-corrected chi connectivity index (χ0v) is 17.3. The van der Waals surface area contributed by atoms with Gasteiger partial charge in [-0.25, -0.2) is 0 Å². The number of H-pyrrole nitrogens is 1. The lowest BCUT2D eigenvalue weighted by Gasteiger charge is -2.32. The molecule has 1 aliphatic rings. The molecule has 5 nitrogen and oxygen atoms in total. The summed E-state index contributed by atoms with van der Waals surface area (Å²) in [5, 5.41) is 11.5. The van der Waals surface area contributed by atoms with Crippen molar-refractivity contribution in [2.24, 2.45) is 5.41 Å². The molecule has 0 bridgehead atoms. The van der Waals surface area contributed by atoms with Crippen LogP contribution in [-0.4, -0.2) is 21.3 Å². The standard InChI is InChI=1S/C20H20N4O.C3H8/c1-20(2,3)19(25)24-12-13-8-4-5-9-14(13)17-18(22-23-21-17)15-10-6-7-11-16(15)24;1-3-2/h4-11H,12H2,1-3H3,(H,21,22,23);3H2,1-2H3. The van der Waals surface area contributed by atoms with Crippen molar-refractivity contribution in [1.82, 2.24) is 15.4 Å². The van der Waals surface area contributed by atoms with Crippen molar-refractivity contribution in [2.75, 3.05) is 4.90 Å². The normalized spacial score (nSPS) is 12.5. The van der Waals surface area contributed by atoms with E-state index in [9.17, 15) is 4.79 Å². The van der Waals surface area contributed by atoms with Crippen LogP contribution >= 0.6 is 0 Å². The average Bonchev–Trinajstić information content (AvgIpc) is 3.13. The van der Waals surface area contributed by atoms with Crippen molar-refractivity contribution in [2.45, 2.75) is 47.6 Å². The summed E-state index contributed by atoms with van der Waals surface area (Å²) in [6.07, 6.45) is 1.25. The van der Waals surface area contributed by atoms with Crippen molar-refractivity contribution in [3.8, 4) is 22.5 Å². The van der Waals surface area contributed by atoms with E-state index in [-0.39, 0.29) is 5.91 Å². The summed E-state index contributed by atoms with van der Waals surface area (Å²) in [6.45, 7) is 10.6. The van der Waals surface area contributed by atoms with Gasteiger partial charge in [0.2, 0.25) is 5.91 Å². The zero-order valence-electron chi connectivity index (χ0n) is 17.3. The maximum atomic E-state index is 13.2. The molecule has 1 N–H and O–H groups in total. The highest BCUT2D eigenvalue weighted by atomic mass is 16.2. The lowest BCUT2D eigenvalue weighted by molar-refractivity contribution is -0.125. The largest absolute Gasteiger partial charge is 0.307 e. The average molecular weight is 377 g/mol. The number of nitrogens with zero attached hydrogens (tertiary/aromatic N) is 3. The summed E-state index contributed by atoms with van der Waals surface area (Å²) in [7, 11) is 0. The van der Waals surface area contributed by atoms with E-state index in [1.165, 1.54) is 6.42 Å². The van der Waals surface area contributed by atoms with Crippen molar-refractivity contribution >= 4 is 11.6 Å². The van der Waals surface area contributed by atoms with Gasteiger partial charge in [0.1, 0.15) is 11.4 Å². The van der Waals surface area contributed by atoms with Gasteiger partial charge in [0.05, 0.1) is 12.2 Å². The number of nitrogens with one attached hydrogen (secondary N) is 1. The molecule has 28 heavy (non-hydrogen) atoms. The van der Waals surface area contributed by atoms with Gasteiger partial charge in [0.15, 0.2) is 0 Å². The molecule has 3 aromatic rings. The molecule has 1 aliphatic heterocycles. The Bertz CT molecular complexity index is 968. The molecular weight excluding hydrogens is 348 g/mol. The monoisotopic (exact) mass is 376 g/mol. The van der Waals surface area contributed by atoms with E-state index in [0.29, 0.717) is 6.54 Å². The van der Waals surface area contributed by atoms with Crippen LogP contribution in [0, 0.1) is 5.41 Å². The Morgan fingerprint density at radius 2 is 1.50 bits per heavy atom. The molecule has 146 valence electrons. The van der Waals surface area contributed by atoms with E-state index in [1.54, 1.807) is 0 Å². The zero-order chi connectivity index (χ0) is 20.3. The van der Waals surface area contributed by atoms with Gasteiger partial charge in [-0.15, -0.1) is 0 Å². The van der Waals surface area contributed by atoms with Gasteiger partial charge in [-0.3, -0.25) is 4.79 Å². The number of benzene rings is 2. The molecule has 0 fully saturated rings. The van der Waals surface area contributed by atoms with Gasteiger partial charge in [-0.1, -0.05) is 83.5 Å². The first-order valence-corrected chi connectivity index (χ1v) is 9.78. The molecule has 5 heteroatoms. The molecule has 1 amide bonds. The van der Waals surface area contributed by atoms with Crippen LogP contribution in [0.4, 0.5) is 5.69 Å². The first-order valence-electron chi connectivity index (χ1n) is 9.78. The summed E-state index contributed by atoms with van der Waals surface area (Å²) in [4.78, 5) is 15.1. The molecule has 2 heterocycles. The Balaban J connectivity index is 0.000000706. The molecule has 4 rings (SSSR count). The van der Waals surface area contributed by atoms with Gasteiger partial charge < -0.3 is 4.90 Å². The summed E-state index contributed by atoms with van der Waals surface area (Å²) in [5.41, 5.74) is 4.97. The van der Waals surface area contributed by atoms with E-state index in [2.05, 4.69) is 29.3 Å². The fourth-order valence-corrected chi connectivity index (χ4v) is 3.25. The first-order chi connectivity index (χ1) is 13.4. The van der Waals surface area contributed by atoms with E-state index >= 15 is 0 Å². The Kier molecular flexibility index (Phi) is 5.63. The predicted octanol–water partition coefficient (Wildman–Crippen LogP) is 5.45. The van der Waals surface area contributed by atoms with Crippen LogP contribution in [0.15, 0.2) is 48.5 Å². The van der Waals surface area contributed by atoms with Crippen molar-refractivity contribution in [1.29, 1.82) is 0 Å². The van der Waals surface area contributed by atoms with Crippen molar-refractivity contribution in [3.05, 3.63) is 54.1 Å². The number of hydrogen-bond acceptors (Lipinski definition) is 3. The molecule has 0 atom stereocenters. The van der Waals surface area contributed by atoms with E-state index in [0.717, 1.165) is 33.8 Å². The Labute approximate surface area is 166 Å². The van der Waals surface area contributed by atoms with E-state index in [4.69, 9.17) is 0 Å². The molecule has 0 radical (unpaired) electrons. The second-order valence-electron chi connectivity index (χ2n) is 8.04. The van der Waals surface area contributed by atoms with Gasteiger partial charge >= 0.3 is 0 Å². The summed E-state index contributed by atoms with van der Waals surface area (Å²) >= 11 is 0. The van der Waals surface area contributed by atoms with E-state index < -0.39 is 5.41 Å². The number of amides is 1. The molecule has 0 saturated heterocycles. The van der Waals surface area contributed by atoms with Crippen LogP contribution in [0.3, 0.4) is 0 Å². The summed E-state index contributed by atoms with van der Waals surface area (Å²) < 4.78 is 0. The third-order valence-electron chi connectivity index (χ3n) is 4.49. The van der Waals surface area contributed by atoms with Crippen LogP contribution in [0.2, 0.25) is 0 Å². The molecule has 0 spiro atoms. The smallest absolute Gasteiger partial charge is 0.232 e. The van der Waals surface area contributed by atoms with Gasteiger partial charge in [-0.2, -0.15) is 15.4 Å². The maximum Gasteiger partial charge on any atom is 0.232 e. The number of fused-ring (bicyclic) bond motifs is 5. The second-order valence-corrected chi connectivity index (χ2v) is 8.04. The number of hydrogen-bond donors (Lipinski definition) is 1. The number of aromatic nitrogens is 3. The summed E-state index contributed by atoms with van der Waals surface area (Å²) in [6, 6.07) is 15.9. The SMILES string of the molecule is CC(C)(C)C(=O)N1Cc2ccccc2-c2n[nH]nc2-c2ccccc21.CCC. The maximum absolute atomic E-state index is 13.2. The lowest BCUT2D eigenvalue weighted by atomic mass is 9.91. The minimum atomic E-state index is -0.478. The number of para-hydroxylation sites is 1. The van der Waals surface area contributed by atoms with Crippen LogP contribution in [0.1, 0.15) is 46.6 Å². The van der Waals surface area contributed by atoms with Crippen LogP contribution in [0.25, 0.3) is 22.5 Å². The number of aromatic amines is 1.